The Labute approximate surface area is 131 Å². The van der Waals surface area contributed by atoms with Crippen molar-refractivity contribution in [2.45, 2.75) is 36.9 Å². The third-order valence-corrected chi connectivity index (χ3v) is 6.00. The molecular weight excluding hydrogens is 298 g/mol. The van der Waals surface area contributed by atoms with Gasteiger partial charge in [-0.25, -0.2) is 8.42 Å². The summed E-state index contributed by atoms with van der Waals surface area (Å²) < 4.78 is 27.1. The van der Waals surface area contributed by atoms with Gasteiger partial charge in [0.15, 0.2) is 0 Å². The number of aryl methyl sites for hydroxylation is 1. The third-order valence-electron chi connectivity index (χ3n) is 4.08. The molecular formula is C17H19NO3S. The Hall–Kier alpha value is -1.69. The monoisotopic (exact) mass is 317 g/mol. The standard InChI is InChI=1S/C17H19NO3S/c1-13-7-9-15(10-8-13)22(20,21)18-16(11-12-17(18)19)14-5-3-2-4-6-14/h2-10,16-17,19H,11-12H2,1H3. The first kappa shape index (κ1) is 15.2. The molecule has 0 aromatic heterocycles. The van der Waals surface area contributed by atoms with Crippen molar-refractivity contribution >= 4 is 10.0 Å². The van der Waals surface area contributed by atoms with Gasteiger partial charge < -0.3 is 5.11 Å². The van der Waals surface area contributed by atoms with Crippen LogP contribution in [0.5, 0.6) is 0 Å². The van der Waals surface area contributed by atoms with Crippen LogP contribution in [0.2, 0.25) is 0 Å². The predicted octanol–water partition coefficient (Wildman–Crippen LogP) is 2.84. The maximum Gasteiger partial charge on any atom is 0.245 e. The lowest BCUT2D eigenvalue weighted by Crippen LogP contribution is -2.37. The number of hydrogen-bond acceptors (Lipinski definition) is 3. The van der Waals surface area contributed by atoms with Crippen molar-refractivity contribution in [3.8, 4) is 0 Å². The summed E-state index contributed by atoms with van der Waals surface area (Å²) in [5.41, 5.74) is 1.91. The molecule has 2 atom stereocenters. The van der Waals surface area contributed by atoms with Gasteiger partial charge >= 0.3 is 0 Å². The van der Waals surface area contributed by atoms with E-state index in [2.05, 4.69) is 0 Å². The van der Waals surface area contributed by atoms with Gasteiger partial charge in [-0.2, -0.15) is 4.31 Å². The number of aliphatic hydroxyl groups is 1. The average molecular weight is 317 g/mol. The van der Waals surface area contributed by atoms with E-state index in [0.717, 1.165) is 11.1 Å². The normalized spacial score (nSPS) is 22.8. The number of sulfonamides is 1. The minimum absolute atomic E-state index is 0.222. The fraction of sp³-hybridized carbons (Fsp3) is 0.294. The first-order valence-corrected chi connectivity index (χ1v) is 8.77. The predicted molar refractivity (Wildman–Crippen MR) is 84.6 cm³/mol. The van der Waals surface area contributed by atoms with E-state index in [1.165, 1.54) is 4.31 Å². The smallest absolute Gasteiger partial charge is 0.245 e. The number of hydrogen-bond donors (Lipinski definition) is 1. The van der Waals surface area contributed by atoms with Crippen molar-refractivity contribution < 1.29 is 13.5 Å². The summed E-state index contributed by atoms with van der Waals surface area (Å²) in [4.78, 5) is 0.222. The molecule has 116 valence electrons. The van der Waals surface area contributed by atoms with Crippen LogP contribution in [-0.2, 0) is 10.0 Å². The number of rotatable bonds is 3. The second kappa shape index (κ2) is 5.83. The highest BCUT2D eigenvalue weighted by Gasteiger charge is 2.42. The van der Waals surface area contributed by atoms with Crippen molar-refractivity contribution in [3.63, 3.8) is 0 Å². The average Bonchev–Trinajstić information content (AvgIpc) is 2.91. The van der Waals surface area contributed by atoms with Crippen molar-refractivity contribution in [2.24, 2.45) is 0 Å². The summed E-state index contributed by atoms with van der Waals surface area (Å²) in [6, 6.07) is 15.9. The van der Waals surface area contributed by atoms with Crippen LogP contribution >= 0.6 is 0 Å². The SMILES string of the molecule is Cc1ccc(S(=O)(=O)N2C(O)CCC2c2ccccc2)cc1. The van der Waals surface area contributed by atoms with E-state index in [9.17, 15) is 13.5 Å². The molecule has 1 aliphatic rings. The van der Waals surface area contributed by atoms with Gasteiger partial charge in [0.05, 0.1) is 10.9 Å². The van der Waals surface area contributed by atoms with E-state index >= 15 is 0 Å². The summed E-state index contributed by atoms with van der Waals surface area (Å²) in [6.45, 7) is 1.91. The van der Waals surface area contributed by atoms with Gasteiger partial charge in [-0.3, -0.25) is 0 Å². The highest BCUT2D eigenvalue weighted by molar-refractivity contribution is 7.89. The van der Waals surface area contributed by atoms with Crippen LogP contribution < -0.4 is 0 Å². The quantitative estimate of drug-likeness (QED) is 0.947. The Morgan fingerprint density at radius 2 is 1.64 bits per heavy atom. The Morgan fingerprint density at radius 1 is 1.00 bits per heavy atom. The van der Waals surface area contributed by atoms with Crippen LogP contribution in [0.15, 0.2) is 59.5 Å². The molecule has 1 N–H and O–H groups in total. The summed E-state index contributed by atoms with van der Waals surface area (Å²) in [5.74, 6) is 0. The molecule has 2 aromatic carbocycles. The Bertz CT molecular complexity index is 741. The van der Waals surface area contributed by atoms with Crippen LogP contribution in [0.3, 0.4) is 0 Å². The van der Waals surface area contributed by atoms with E-state index in [1.807, 2.05) is 37.3 Å². The molecule has 2 unspecified atom stereocenters. The molecule has 2 aromatic rings. The second-order valence-electron chi connectivity index (χ2n) is 5.63. The van der Waals surface area contributed by atoms with Gasteiger partial charge in [0.25, 0.3) is 0 Å². The van der Waals surface area contributed by atoms with Crippen LogP contribution in [0.25, 0.3) is 0 Å². The molecule has 5 heteroatoms. The minimum atomic E-state index is -3.72. The fourth-order valence-corrected chi connectivity index (χ4v) is 4.63. The number of aliphatic hydroxyl groups excluding tert-OH is 1. The van der Waals surface area contributed by atoms with Crippen molar-refractivity contribution in [1.29, 1.82) is 0 Å². The lowest BCUT2D eigenvalue weighted by atomic mass is 10.1. The van der Waals surface area contributed by atoms with Crippen LogP contribution in [0, 0.1) is 6.92 Å². The Kier molecular flexibility index (Phi) is 4.04. The van der Waals surface area contributed by atoms with Crippen molar-refractivity contribution in [1.82, 2.24) is 4.31 Å². The first-order valence-electron chi connectivity index (χ1n) is 7.33. The molecule has 1 saturated heterocycles. The van der Waals surface area contributed by atoms with Crippen molar-refractivity contribution in [3.05, 3.63) is 65.7 Å². The zero-order valence-electron chi connectivity index (χ0n) is 12.4. The molecule has 1 aliphatic heterocycles. The molecule has 0 radical (unpaired) electrons. The minimum Gasteiger partial charge on any atom is -0.377 e. The highest BCUT2D eigenvalue weighted by Crippen LogP contribution is 2.39. The summed E-state index contributed by atoms with van der Waals surface area (Å²) in [5, 5.41) is 10.2. The molecule has 0 spiro atoms. The molecule has 4 nitrogen and oxygen atoms in total. The van der Waals surface area contributed by atoms with E-state index < -0.39 is 16.3 Å². The van der Waals surface area contributed by atoms with Gasteiger partial charge in [-0.05, 0) is 37.5 Å². The largest absolute Gasteiger partial charge is 0.377 e. The van der Waals surface area contributed by atoms with E-state index in [4.69, 9.17) is 0 Å². The van der Waals surface area contributed by atoms with Gasteiger partial charge in [0.2, 0.25) is 10.0 Å². The fourth-order valence-electron chi connectivity index (χ4n) is 2.92. The summed E-state index contributed by atoms with van der Waals surface area (Å²) in [7, 11) is -3.72. The van der Waals surface area contributed by atoms with Crippen LogP contribution in [-0.4, -0.2) is 24.1 Å². The molecule has 0 bridgehead atoms. The molecule has 1 heterocycles. The Morgan fingerprint density at radius 3 is 2.27 bits per heavy atom. The maximum absolute atomic E-state index is 12.9. The van der Waals surface area contributed by atoms with Gasteiger partial charge in [0.1, 0.15) is 6.23 Å². The highest BCUT2D eigenvalue weighted by atomic mass is 32.2. The first-order chi connectivity index (χ1) is 10.5. The molecule has 1 fully saturated rings. The molecule has 0 saturated carbocycles. The summed E-state index contributed by atoms with van der Waals surface area (Å²) in [6.07, 6.45) is 0.0949. The molecule has 0 aliphatic carbocycles. The topological polar surface area (TPSA) is 57.6 Å². The number of nitrogens with zero attached hydrogens (tertiary/aromatic N) is 1. The van der Waals surface area contributed by atoms with Crippen LogP contribution in [0.4, 0.5) is 0 Å². The second-order valence-corrected chi connectivity index (χ2v) is 7.48. The summed E-state index contributed by atoms with van der Waals surface area (Å²) >= 11 is 0. The third kappa shape index (κ3) is 2.67. The van der Waals surface area contributed by atoms with Gasteiger partial charge in [-0.1, -0.05) is 48.0 Å². The molecule has 3 rings (SSSR count). The lowest BCUT2D eigenvalue weighted by Gasteiger charge is -2.27. The van der Waals surface area contributed by atoms with Gasteiger partial charge in [0, 0.05) is 0 Å². The van der Waals surface area contributed by atoms with E-state index in [1.54, 1.807) is 24.3 Å². The Balaban J connectivity index is 2.01. The van der Waals surface area contributed by atoms with Crippen LogP contribution in [0.1, 0.15) is 30.0 Å². The van der Waals surface area contributed by atoms with E-state index in [-0.39, 0.29) is 10.9 Å². The zero-order chi connectivity index (χ0) is 15.7. The zero-order valence-corrected chi connectivity index (χ0v) is 13.2. The van der Waals surface area contributed by atoms with Gasteiger partial charge in [-0.15, -0.1) is 0 Å². The lowest BCUT2D eigenvalue weighted by molar-refractivity contribution is 0.0799. The molecule has 22 heavy (non-hydrogen) atoms. The van der Waals surface area contributed by atoms with E-state index in [0.29, 0.717) is 12.8 Å². The maximum atomic E-state index is 12.9. The molecule has 0 amide bonds. The van der Waals surface area contributed by atoms with Crippen molar-refractivity contribution in [2.75, 3.05) is 0 Å². The number of benzene rings is 2.